The first-order valence-corrected chi connectivity index (χ1v) is 5.19. The zero-order valence-corrected chi connectivity index (χ0v) is 9.17. The van der Waals surface area contributed by atoms with E-state index in [0.29, 0.717) is 13.0 Å². The van der Waals surface area contributed by atoms with Crippen molar-refractivity contribution < 1.29 is 14.7 Å². The number of carbonyl (C=O) groups excluding carboxylic acids is 1. The van der Waals surface area contributed by atoms with Crippen molar-refractivity contribution in [1.29, 1.82) is 0 Å². The van der Waals surface area contributed by atoms with Crippen LogP contribution in [-0.4, -0.2) is 36.1 Å². The van der Waals surface area contributed by atoms with E-state index in [1.165, 1.54) is 0 Å². The number of hydrogen-bond donors (Lipinski definition) is 3. The fourth-order valence-electron chi connectivity index (χ4n) is 1.62. The van der Waals surface area contributed by atoms with Crippen molar-refractivity contribution in [3.63, 3.8) is 0 Å². The van der Waals surface area contributed by atoms with Crippen LogP contribution in [-0.2, 0) is 9.59 Å². The van der Waals surface area contributed by atoms with E-state index >= 15 is 0 Å². The van der Waals surface area contributed by atoms with Crippen LogP contribution in [0.4, 0.5) is 0 Å². The third-order valence-electron chi connectivity index (χ3n) is 2.96. The van der Waals surface area contributed by atoms with Gasteiger partial charge in [0.2, 0.25) is 5.91 Å². The standard InChI is InChI=1S/C10H18N2O3/c1-10(9(14)15,7-3-4-7)12-6-5-8(13)11-2/h7,12H,3-6H2,1-2H3,(H,11,13)(H,14,15). The molecule has 15 heavy (non-hydrogen) atoms. The Morgan fingerprint density at radius 1 is 1.47 bits per heavy atom. The SMILES string of the molecule is CNC(=O)CCNC(C)(C(=O)O)C1CC1. The van der Waals surface area contributed by atoms with Gasteiger partial charge in [-0.3, -0.25) is 9.59 Å². The summed E-state index contributed by atoms with van der Waals surface area (Å²) in [5.41, 5.74) is -0.867. The van der Waals surface area contributed by atoms with Crippen LogP contribution < -0.4 is 10.6 Å². The fourth-order valence-corrected chi connectivity index (χ4v) is 1.62. The van der Waals surface area contributed by atoms with Crippen molar-refractivity contribution in [3.8, 4) is 0 Å². The maximum Gasteiger partial charge on any atom is 0.323 e. The molecule has 0 heterocycles. The third-order valence-corrected chi connectivity index (χ3v) is 2.96. The minimum Gasteiger partial charge on any atom is -0.480 e. The Bertz CT molecular complexity index is 263. The van der Waals surface area contributed by atoms with Crippen molar-refractivity contribution in [2.45, 2.75) is 31.7 Å². The molecule has 1 aliphatic rings. The van der Waals surface area contributed by atoms with E-state index in [9.17, 15) is 9.59 Å². The molecular formula is C10H18N2O3. The lowest BCUT2D eigenvalue weighted by Gasteiger charge is -2.26. The van der Waals surface area contributed by atoms with Gasteiger partial charge in [0.1, 0.15) is 5.54 Å². The molecule has 0 spiro atoms. The van der Waals surface area contributed by atoms with Crippen LogP contribution in [0.3, 0.4) is 0 Å². The average Bonchev–Trinajstić information content (AvgIpc) is 3.00. The van der Waals surface area contributed by atoms with Crippen LogP contribution in [0.2, 0.25) is 0 Å². The number of amides is 1. The van der Waals surface area contributed by atoms with Crippen molar-refractivity contribution in [2.24, 2.45) is 5.92 Å². The van der Waals surface area contributed by atoms with E-state index in [2.05, 4.69) is 10.6 Å². The minimum absolute atomic E-state index is 0.0777. The quantitative estimate of drug-likeness (QED) is 0.580. The molecule has 5 heteroatoms. The number of carboxylic acid groups (broad SMARTS) is 1. The van der Waals surface area contributed by atoms with Gasteiger partial charge >= 0.3 is 5.97 Å². The molecule has 3 N–H and O–H groups in total. The van der Waals surface area contributed by atoms with Gasteiger partial charge in [-0.1, -0.05) is 0 Å². The van der Waals surface area contributed by atoms with E-state index in [1.807, 2.05) is 0 Å². The lowest BCUT2D eigenvalue weighted by Crippen LogP contribution is -2.52. The topological polar surface area (TPSA) is 78.4 Å². The molecule has 5 nitrogen and oxygen atoms in total. The molecule has 0 aromatic heterocycles. The highest BCUT2D eigenvalue weighted by Gasteiger charge is 2.46. The molecule has 1 fully saturated rings. The van der Waals surface area contributed by atoms with Crippen LogP contribution in [0.25, 0.3) is 0 Å². The van der Waals surface area contributed by atoms with Gasteiger partial charge in [0.05, 0.1) is 0 Å². The molecule has 1 aliphatic carbocycles. The predicted molar refractivity (Wildman–Crippen MR) is 55.5 cm³/mol. The second-order valence-corrected chi connectivity index (χ2v) is 4.13. The number of carboxylic acids is 1. The van der Waals surface area contributed by atoms with Gasteiger partial charge in [0, 0.05) is 20.0 Å². The molecule has 1 unspecified atom stereocenters. The van der Waals surface area contributed by atoms with Crippen LogP contribution in [0, 0.1) is 5.92 Å². The van der Waals surface area contributed by atoms with Gasteiger partial charge in [-0.15, -0.1) is 0 Å². The molecule has 1 saturated carbocycles. The minimum atomic E-state index is -0.867. The van der Waals surface area contributed by atoms with E-state index in [1.54, 1.807) is 14.0 Å². The van der Waals surface area contributed by atoms with Crippen molar-refractivity contribution in [2.75, 3.05) is 13.6 Å². The zero-order valence-electron chi connectivity index (χ0n) is 9.17. The van der Waals surface area contributed by atoms with Gasteiger partial charge in [-0.25, -0.2) is 0 Å². The van der Waals surface area contributed by atoms with Crippen LogP contribution in [0.1, 0.15) is 26.2 Å². The van der Waals surface area contributed by atoms with Crippen LogP contribution >= 0.6 is 0 Å². The Balaban J connectivity index is 2.39. The summed E-state index contributed by atoms with van der Waals surface area (Å²) in [5, 5.41) is 14.6. The largest absolute Gasteiger partial charge is 0.480 e. The summed E-state index contributed by atoms with van der Waals surface area (Å²) in [6.45, 7) is 2.09. The maximum absolute atomic E-state index is 11.1. The summed E-state index contributed by atoms with van der Waals surface area (Å²) in [5.74, 6) is -0.701. The first-order valence-electron chi connectivity index (χ1n) is 5.19. The molecule has 0 radical (unpaired) electrons. The lowest BCUT2D eigenvalue weighted by molar-refractivity contribution is -0.145. The van der Waals surface area contributed by atoms with E-state index in [0.717, 1.165) is 12.8 Å². The van der Waals surface area contributed by atoms with Crippen molar-refractivity contribution >= 4 is 11.9 Å². The Kier molecular flexibility index (Phi) is 3.68. The maximum atomic E-state index is 11.1. The number of aliphatic carboxylic acids is 1. The van der Waals surface area contributed by atoms with Crippen LogP contribution in [0.15, 0.2) is 0 Å². The molecule has 1 rings (SSSR count). The van der Waals surface area contributed by atoms with Crippen LogP contribution in [0.5, 0.6) is 0 Å². The highest BCUT2D eigenvalue weighted by molar-refractivity contribution is 5.79. The summed E-state index contributed by atoms with van der Waals surface area (Å²) >= 11 is 0. The molecule has 0 saturated heterocycles. The summed E-state index contributed by atoms with van der Waals surface area (Å²) in [6.07, 6.45) is 2.22. The number of carbonyl (C=O) groups is 2. The Labute approximate surface area is 89.2 Å². The van der Waals surface area contributed by atoms with E-state index in [-0.39, 0.29) is 11.8 Å². The molecule has 1 amide bonds. The molecule has 0 aliphatic heterocycles. The molecule has 1 atom stereocenters. The zero-order chi connectivity index (χ0) is 11.5. The molecule has 86 valence electrons. The Morgan fingerprint density at radius 2 is 2.07 bits per heavy atom. The first kappa shape index (κ1) is 12.0. The smallest absolute Gasteiger partial charge is 0.323 e. The summed E-state index contributed by atoms with van der Waals surface area (Å²) in [7, 11) is 1.57. The van der Waals surface area contributed by atoms with Gasteiger partial charge in [-0.05, 0) is 25.7 Å². The number of nitrogens with one attached hydrogen (secondary N) is 2. The molecule has 0 aromatic carbocycles. The Morgan fingerprint density at radius 3 is 2.47 bits per heavy atom. The monoisotopic (exact) mass is 214 g/mol. The Hall–Kier alpha value is -1.10. The number of rotatable bonds is 6. The van der Waals surface area contributed by atoms with Gasteiger partial charge in [0.15, 0.2) is 0 Å². The average molecular weight is 214 g/mol. The second kappa shape index (κ2) is 4.61. The molecular weight excluding hydrogens is 196 g/mol. The second-order valence-electron chi connectivity index (χ2n) is 4.13. The van der Waals surface area contributed by atoms with Crippen molar-refractivity contribution in [3.05, 3.63) is 0 Å². The first-order chi connectivity index (χ1) is 7.00. The third kappa shape index (κ3) is 2.92. The highest BCUT2D eigenvalue weighted by atomic mass is 16.4. The normalized spacial score (nSPS) is 19.3. The van der Waals surface area contributed by atoms with Gasteiger partial charge < -0.3 is 15.7 Å². The van der Waals surface area contributed by atoms with Gasteiger partial charge in [-0.2, -0.15) is 0 Å². The highest BCUT2D eigenvalue weighted by Crippen LogP contribution is 2.39. The van der Waals surface area contributed by atoms with Gasteiger partial charge in [0.25, 0.3) is 0 Å². The van der Waals surface area contributed by atoms with E-state index in [4.69, 9.17) is 5.11 Å². The fraction of sp³-hybridized carbons (Fsp3) is 0.800. The van der Waals surface area contributed by atoms with E-state index < -0.39 is 11.5 Å². The summed E-state index contributed by atoms with van der Waals surface area (Å²) in [4.78, 5) is 22.0. The van der Waals surface area contributed by atoms with Crippen molar-refractivity contribution in [1.82, 2.24) is 10.6 Å². The summed E-state index contributed by atoms with van der Waals surface area (Å²) < 4.78 is 0. The summed E-state index contributed by atoms with van der Waals surface area (Å²) in [6, 6.07) is 0. The lowest BCUT2D eigenvalue weighted by atomic mass is 9.96. The molecule has 0 bridgehead atoms. The molecule has 0 aromatic rings. The number of hydrogen-bond acceptors (Lipinski definition) is 3. The predicted octanol–water partition coefficient (Wildman–Crippen LogP) is -0.0346.